The molecule has 0 atom stereocenters. The Hall–Kier alpha value is -2.44. The highest BCUT2D eigenvalue weighted by Gasteiger charge is 2.27. The number of ether oxygens (including phenoxy) is 1. The molecule has 1 aromatic rings. The van der Waals surface area contributed by atoms with Gasteiger partial charge in [-0.1, -0.05) is 12.5 Å². The van der Waals surface area contributed by atoms with Crippen LogP contribution in [0.3, 0.4) is 0 Å². The van der Waals surface area contributed by atoms with Gasteiger partial charge in [-0.15, -0.1) is 0 Å². The summed E-state index contributed by atoms with van der Waals surface area (Å²) in [4.78, 5) is 33.4. The molecule has 0 saturated heterocycles. The Bertz CT molecular complexity index is 581. The standard InChI is InChI=1S/C14H16N2O5/c1-9-5-6-11(7-12(9)16(19)20)15-13(17)8-21-14(18)10-3-2-4-10/h5-7,10H,2-4,8H2,1H3,(H,15,17). The summed E-state index contributed by atoms with van der Waals surface area (Å²) < 4.78 is 4.90. The summed E-state index contributed by atoms with van der Waals surface area (Å²) in [5.74, 6) is -0.953. The van der Waals surface area contributed by atoms with Crippen LogP contribution < -0.4 is 5.32 Å². The van der Waals surface area contributed by atoms with Crippen LogP contribution in [-0.4, -0.2) is 23.4 Å². The second-order valence-electron chi connectivity index (χ2n) is 5.04. The van der Waals surface area contributed by atoms with Crippen LogP contribution in [0.2, 0.25) is 0 Å². The molecule has 0 aromatic heterocycles. The Morgan fingerprint density at radius 3 is 2.71 bits per heavy atom. The van der Waals surface area contributed by atoms with Crippen molar-refractivity contribution >= 4 is 23.3 Å². The van der Waals surface area contributed by atoms with Gasteiger partial charge in [-0.3, -0.25) is 19.7 Å². The van der Waals surface area contributed by atoms with Crippen molar-refractivity contribution in [1.29, 1.82) is 0 Å². The van der Waals surface area contributed by atoms with Gasteiger partial charge in [0, 0.05) is 17.3 Å². The zero-order chi connectivity index (χ0) is 15.4. The molecule has 1 N–H and O–H groups in total. The first-order valence-electron chi connectivity index (χ1n) is 6.69. The van der Waals surface area contributed by atoms with E-state index in [4.69, 9.17) is 4.74 Å². The molecule has 0 heterocycles. The third-order valence-corrected chi connectivity index (χ3v) is 3.47. The van der Waals surface area contributed by atoms with Crippen LogP contribution >= 0.6 is 0 Å². The second kappa shape index (κ2) is 6.34. The Kier molecular flexibility index (Phi) is 4.52. The van der Waals surface area contributed by atoms with E-state index in [1.54, 1.807) is 19.1 Å². The van der Waals surface area contributed by atoms with Gasteiger partial charge in [0.05, 0.1) is 10.8 Å². The van der Waals surface area contributed by atoms with E-state index in [1.807, 2.05) is 0 Å². The summed E-state index contributed by atoms with van der Waals surface area (Å²) in [5.41, 5.74) is 0.741. The minimum absolute atomic E-state index is 0.0701. The summed E-state index contributed by atoms with van der Waals surface area (Å²) in [6, 6.07) is 4.39. The number of hydrogen-bond donors (Lipinski definition) is 1. The van der Waals surface area contributed by atoms with Crippen molar-refractivity contribution in [2.24, 2.45) is 5.92 Å². The van der Waals surface area contributed by atoms with Crippen molar-refractivity contribution in [2.75, 3.05) is 11.9 Å². The topological polar surface area (TPSA) is 98.5 Å². The molecule has 7 heteroatoms. The third kappa shape index (κ3) is 3.77. The quantitative estimate of drug-likeness (QED) is 0.509. The van der Waals surface area contributed by atoms with Crippen LogP contribution in [-0.2, 0) is 14.3 Å². The van der Waals surface area contributed by atoms with Gasteiger partial charge >= 0.3 is 5.97 Å². The molecule has 1 aliphatic rings. The fourth-order valence-electron chi connectivity index (χ4n) is 1.98. The van der Waals surface area contributed by atoms with Crippen LogP contribution in [0.25, 0.3) is 0 Å². The van der Waals surface area contributed by atoms with Crippen LogP contribution in [0.15, 0.2) is 18.2 Å². The highest BCUT2D eigenvalue weighted by molar-refractivity contribution is 5.93. The number of nitrogens with zero attached hydrogens (tertiary/aromatic N) is 1. The predicted octanol–water partition coefficient (Wildman–Crippen LogP) is 2.19. The fraction of sp³-hybridized carbons (Fsp3) is 0.429. The number of nitro groups is 1. The first-order valence-corrected chi connectivity index (χ1v) is 6.69. The molecule has 0 bridgehead atoms. The highest BCUT2D eigenvalue weighted by atomic mass is 16.6. The number of esters is 1. The van der Waals surface area contributed by atoms with Crippen LogP contribution in [0, 0.1) is 23.0 Å². The van der Waals surface area contributed by atoms with E-state index >= 15 is 0 Å². The molecule has 1 aromatic carbocycles. The Morgan fingerprint density at radius 1 is 1.43 bits per heavy atom. The van der Waals surface area contributed by atoms with E-state index in [1.165, 1.54) is 6.07 Å². The molecular formula is C14H16N2O5. The zero-order valence-corrected chi connectivity index (χ0v) is 11.6. The average molecular weight is 292 g/mol. The number of rotatable bonds is 5. The van der Waals surface area contributed by atoms with Gasteiger partial charge in [-0.05, 0) is 25.8 Å². The number of benzene rings is 1. The maximum atomic E-state index is 11.7. The molecule has 1 amide bonds. The van der Waals surface area contributed by atoms with Gasteiger partial charge in [0.15, 0.2) is 6.61 Å². The monoisotopic (exact) mass is 292 g/mol. The number of amides is 1. The summed E-state index contributed by atoms with van der Waals surface area (Å²) in [6.45, 7) is 1.24. The van der Waals surface area contributed by atoms with Crippen LogP contribution in [0.1, 0.15) is 24.8 Å². The lowest BCUT2D eigenvalue weighted by molar-refractivity contribution is -0.385. The van der Waals surface area contributed by atoms with Crippen molar-refractivity contribution in [1.82, 2.24) is 0 Å². The van der Waals surface area contributed by atoms with Crippen molar-refractivity contribution in [3.05, 3.63) is 33.9 Å². The van der Waals surface area contributed by atoms with E-state index in [9.17, 15) is 19.7 Å². The van der Waals surface area contributed by atoms with Gasteiger partial charge < -0.3 is 10.1 Å². The molecule has 2 rings (SSSR count). The molecule has 0 unspecified atom stereocenters. The number of aryl methyl sites for hydroxylation is 1. The summed E-state index contributed by atoms with van der Waals surface area (Å²) in [7, 11) is 0. The zero-order valence-electron chi connectivity index (χ0n) is 11.6. The van der Waals surface area contributed by atoms with E-state index in [-0.39, 0.29) is 24.2 Å². The molecule has 112 valence electrons. The number of nitrogens with one attached hydrogen (secondary N) is 1. The predicted molar refractivity (Wildman–Crippen MR) is 74.8 cm³/mol. The normalized spacial score (nSPS) is 14.1. The molecule has 0 radical (unpaired) electrons. The number of carbonyl (C=O) groups excluding carboxylic acids is 2. The Labute approximate surface area is 121 Å². The minimum Gasteiger partial charge on any atom is -0.455 e. The second-order valence-corrected chi connectivity index (χ2v) is 5.04. The number of hydrogen-bond acceptors (Lipinski definition) is 5. The number of carbonyl (C=O) groups is 2. The largest absolute Gasteiger partial charge is 0.455 e. The number of anilines is 1. The van der Waals surface area contributed by atoms with E-state index < -0.39 is 10.8 Å². The first kappa shape index (κ1) is 15.0. The summed E-state index contributed by atoms with van der Waals surface area (Å²) in [6.07, 6.45) is 2.63. The van der Waals surface area contributed by atoms with Crippen molar-refractivity contribution in [3.8, 4) is 0 Å². The Morgan fingerprint density at radius 2 is 2.14 bits per heavy atom. The van der Waals surface area contributed by atoms with E-state index in [0.717, 1.165) is 19.3 Å². The smallest absolute Gasteiger partial charge is 0.309 e. The lowest BCUT2D eigenvalue weighted by atomic mass is 9.86. The van der Waals surface area contributed by atoms with Crippen LogP contribution in [0.5, 0.6) is 0 Å². The minimum atomic E-state index is -0.513. The first-order chi connectivity index (χ1) is 9.97. The lowest BCUT2D eigenvalue weighted by Gasteiger charge is -2.22. The van der Waals surface area contributed by atoms with Crippen molar-refractivity contribution in [3.63, 3.8) is 0 Å². The van der Waals surface area contributed by atoms with E-state index in [2.05, 4.69) is 5.32 Å². The average Bonchev–Trinajstić information content (AvgIpc) is 2.36. The molecular weight excluding hydrogens is 276 g/mol. The van der Waals surface area contributed by atoms with Gasteiger partial charge in [-0.2, -0.15) is 0 Å². The van der Waals surface area contributed by atoms with Gasteiger partial charge in [-0.25, -0.2) is 0 Å². The SMILES string of the molecule is Cc1ccc(NC(=O)COC(=O)C2CCC2)cc1[N+](=O)[O-]. The van der Waals surface area contributed by atoms with Crippen molar-refractivity contribution < 1.29 is 19.2 Å². The maximum absolute atomic E-state index is 11.7. The molecule has 0 aliphatic heterocycles. The van der Waals surface area contributed by atoms with E-state index in [0.29, 0.717) is 11.3 Å². The molecule has 1 aliphatic carbocycles. The van der Waals surface area contributed by atoms with Gasteiger partial charge in [0.25, 0.3) is 11.6 Å². The summed E-state index contributed by atoms with van der Waals surface area (Å²) in [5, 5.41) is 13.3. The fourth-order valence-corrected chi connectivity index (χ4v) is 1.98. The van der Waals surface area contributed by atoms with Crippen molar-refractivity contribution in [2.45, 2.75) is 26.2 Å². The van der Waals surface area contributed by atoms with Gasteiger partial charge in [0.2, 0.25) is 0 Å². The molecule has 1 fully saturated rings. The highest BCUT2D eigenvalue weighted by Crippen LogP contribution is 2.27. The lowest BCUT2D eigenvalue weighted by Crippen LogP contribution is -2.28. The molecule has 7 nitrogen and oxygen atoms in total. The number of nitro benzene ring substituents is 1. The van der Waals surface area contributed by atoms with Crippen LogP contribution in [0.4, 0.5) is 11.4 Å². The molecule has 21 heavy (non-hydrogen) atoms. The summed E-state index contributed by atoms with van der Waals surface area (Å²) >= 11 is 0. The molecule has 0 spiro atoms. The third-order valence-electron chi connectivity index (χ3n) is 3.47. The Balaban J connectivity index is 1.88. The maximum Gasteiger partial charge on any atom is 0.309 e. The van der Waals surface area contributed by atoms with Gasteiger partial charge in [0.1, 0.15) is 0 Å². The molecule has 1 saturated carbocycles.